The average Bonchev–Trinajstić information content (AvgIpc) is 3.20. The van der Waals surface area contributed by atoms with Crippen molar-refractivity contribution in [3.8, 4) is 0 Å². The zero-order valence-corrected chi connectivity index (χ0v) is 11.5. The monoisotopic (exact) mass is 276 g/mol. The first kappa shape index (κ1) is 13.2. The first-order valence-electron chi connectivity index (χ1n) is 7.39. The van der Waals surface area contributed by atoms with Crippen LogP contribution < -0.4 is 0 Å². The van der Waals surface area contributed by atoms with Crippen LogP contribution in [0, 0.1) is 0 Å². The highest BCUT2D eigenvalue weighted by molar-refractivity contribution is 5.95. The molecule has 3 rings (SSSR count). The molecule has 1 aromatic heterocycles. The van der Waals surface area contributed by atoms with Gasteiger partial charge in [0.2, 0.25) is 0 Å². The minimum absolute atomic E-state index is 0.129. The van der Waals surface area contributed by atoms with Crippen LogP contribution in [0.2, 0.25) is 0 Å². The van der Waals surface area contributed by atoms with E-state index in [4.69, 9.17) is 0 Å². The molecule has 0 spiro atoms. The van der Waals surface area contributed by atoms with Gasteiger partial charge in [-0.05, 0) is 37.8 Å². The zero-order valence-electron chi connectivity index (χ0n) is 11.5. The van der Waals surface area contributed by atoms with Crippen LogP contribution in [0.1, 0.15) is 55.1 Å². The Morgan fingerprint density at radius 1 is 1.15 bits per heavy atom. The van der Waals surface area contributed by atoms with E-state index < -0.39 is 12.0 Å². The molecule has 1 saturated heterocycles. The van der Waals surface area contributed by atoms with Gasteiger partial charge < -0.3 is 14.6 Å². The van der Waals surface area contributed by atoms with Crippen molar-refractivity contribution in [1.82, 2.24) is 9.47 Å². The number of rotatable bonds is 3. The highest BCUT2D eigenvalue weighted by Crippen LogP contribution is 2.36. The summed E-state index contributed by atoms with van der Waals surface area (Å²) in [7, 11) is 0. The lowest BCUT2D eigenvalue weighted by atomic mass is 10.1. The number of likely N-dealkylation sites (tertiary alicyclic amines) is 1. The van der Waals surface area contributed by atoms with E-state index in [2.05, 4.69) is 0 Å². The quantitative estimate of drug-likeness (QED) is 0.921. The lowest BCUT2D eigenvalue weighted by Crippen LogP contribution is -2.45. The highest BCUT2D eigenvalue weighted by Gasteiger charge is 2.34. The maximum Gasteiger partial charge on any atom is 0.326 e. The Hall–Kier alpha value is -1.78. The van der Waals surface area contributed by atoms with Crippen LogP contribution in [0.5, 0.6) is 0 Å². The van der Waals surface area contributed by atoms with Crippen molar-refractivity contribution in [2.75, 3.05) is 6.54 Å². The number of carbonyl (C=O) groups is 2. The van der Waals surface area contributed by atoms with Gasteiger partial charge in [0.05, 0.1) is 0 Å². The van der Waals surface area contributed by atoms with E-state index in [1.54, 1.807) is 4.90 Å². The van der Waals surface area contributed by atoms with E-state index in [0.717, 1.165) is 32.1 Å². The van der Waals surface area contributed by atoms with Crippen molar-refractivity contribution < 1.29 is 14.7 Å². The number of hydrogen-bond donors (Lipinski definition) is 1. The molecular formula is C15H20N2O3. The van der Waals surface area contributed by atoms with Gasteiger partial charge in [0.15, 0.2) is 0 Å². The fraction of sp³-hybridized carbons (Fsp3) is 0.600. The van der Waals surface area contributed by atoms with E-state index in [9.17, 15) is 14.7 Å². The molecule has 1 amide bonds. The molecule has 1 aromatic rings. The maximum absolute atomic E-state index is 12.7. The van der Waals surface area contributed by atoms with Crippen LogP contribution in [0.15, 0.2) is 18.3 Å². The van der Waals surface area contributed by atoms with Crippen molar-refractivity contribution in [3.05, 3.63) is 24.0 Å². The largest absolute Gasteiger partial charge is 0.480 e. The standard InChI is InChI=1S/C15H20N2O3/c18-14(12-6-4-10-16(12)11-7-8-11)17-9-3-1-2-5-13(17)15(19)20/h4,6,10-11,13H,1-3,5,7-9H2,(H,19,20). The Bertz CT molecular complexity index is 519. The second-order valence-corrected chi connectivity index (χ2v) is 5.73. The minimum Gasteiger partial charge on any atom is -0.480 e. The molecule has 2 fully saturated rings. The summed E-state index contributed by atoms with van der Waals surface area (Å²) in [5.74, 6) is -1.01. The van der Waals surface area contributed by atoms with Crippen LogP contribution in [-0.4, -0.2) is 39.0 Å². The Morgan fingerprint density at radius 2 is 1.95 bits per heavy atom. The van der Waals surface area contributed by atoms with Crippen LogP contribution in [-0.2, 0) is 4.79 Å². The number of aromatic nitrogens is 1. The molecule has 1 saturated carbocycles. The van der Waals surface area contributed by atoms with Gasteiger partial charge in [0.25, 0.3) is 5.91 Å². The maximum atomic E-state index is 12.7. The zero-order chi connectivity index (χ0) is 14.1. The van der Waals surface area contributed by atoms with Gasteiger partial charge >= 0.3 is 5.97 Å². The van der Waals surface area contributed by atoms with E-state index in [1.807, 2.05) is 22.9 Å². The van der Waals surface area contributed by atoms with Crippen LogP contribution in [0.4, 0.5) is 0 Å². The topological polar surface area (TPSA) is 62.5 Å². The normalized spacial score (nSPS) is 23.4. The summed E-state index contributed by atoms with van der Waals surface area (Å²) in [5.41, 5.74) is 0.639. The molecule has 5 heteroatoms. The second kappa shape index (κ2) is 5.31. The Morgan fingerprint density at radius 3 is 2.65 bits per heavy atom. The van der Waals surface area contributed by atoms with Crippen molar-refractivity contribution in [1.29, 1.82) is 0 Å². The van der Waals surface area contributed by atoms with E-state index in [1.165, 1.54) is 0 Å². The SMILES string of the molecule is O=C(O)C1CCCCCN1C(=O)c1cccn1C1CC1. The van der Waals surface area contributed by atoms with Gasteiger partial charge in [-0.2, -0.15) is 0 Å². The van der Waals surface area contributed by atoms with Crippen LogP contribution in [0.3, 0.4) is 0 Å². The predicted octanol–water partition coefficient (Wildman–Crippen LogP) is 2.29. The molecule has 20 heavy (non-hydrogen) atoms. The third-order valence-electron chi connectivity index (χ3n) is 4.24. The fourth-order valence-electron chi connectivity index (χ4n) is 3.00. The van der Waals surface area contributed by atoms with Crippen molar-refractivity contribution >= 4 is 11.9 Å². The summed E-state index contributed by atoms with van der Waals surface area (Å²) < 4.78 is 2.01. The summed E-state index contributed by atoms with van der Waals surface area (Å²) in [6, 6.07) is 3.44. The highest BCUT2D eigenvalue weighted by atomic mass is 16.4. The lowest BCUT2D eigenvalue weighted by Gasteiger charge is -2.27. The minimum atomic E-state index is -0.884. The molecule has 1 aliphatic heterocycles. The molecule has 2 aliphatic rings. The third kappa shape index (κ3) is 2.44. The smallest absolute Gasteiger partial charge is 0.326 e. The summed E-state index contributed by atoms with van der Waals surface area (Å²) in [5, 5.41) is 9.37. The van der Waals surface area contributed by atoms with Crippen molar-refractivity contribution in [2.45, 2.75) is 50.6 Å². The molecule has 1 atom stereocenters. The van der Waals surface area contributed by atoms with Gasteiger partial charge in [-0.1, -0.05) is 12.8 Å². The van der Waals surface area contributed by atoms with Gasteiger partial charge in [-0.25, -0.2) is 4.79 Å². The number of aliphatic carboxylic acids is 1. The molecule has 0 radical (unpaired) electrons. The van der Waals surface area contributed by atoms with Gasteiger partial charge in [0, 0.05) is 18.8 Å². The van der Waals surface area contributed by atoms with Gasteiger partial charge in [0.1, 0.15) is 11.7 Å². The Balaban J connectivity index is 1.86. The molecular weight excluding hydrogens is 256 g/mol. The molecule has 1 unspecified atom stereocenters. The molecule has 2 heterocycles. The first-order chi connectivity index (χ1) is 9.68. The van der Waals surface area contributed by atoms with E-state index in [-0.39, 0.29) is 5.91 Å². The van der Waals surface area contributed by atoms with E-state index >= 15 is 0 Å². The summed E-state index contributed by atoms with van der Waals surface area (Å²) in [6.07, 6.45) is 7.47. The molecule has 1 aliphatic carbocycles. The Labute approximate surface area is 118 Å². The summed E-state index contributed by atoms with van der Waals surface area (Å²) in [6.45, 7) is 0.547. The number of amides is 1. The number of carboxylic acid groups (broad SMARTS) is 1. The van der Waals surface area contributed by atoms with Crippen molar-refractivity contribution in [3.63, 3.8) is 0 Å². The molecule has 1 N–H and O–H groups in total. The van der Waals surface area contributed by atoms with Crippen LogP contribution in [0.25, 0.3) is 0 Å². The number of hydrogen-bond acceptors (Lipinski definition) is 2. The molecule has 108 valence electrons. The fourth-order valence-corrected chi connectivity index (χ4v) is 3.00. The number of carbonyl (C=O) groups excluding carboxylic acids is 1. The van der Waals surface area contributed by atoms with Crippen molar-refractivity contribution in [2.24, 2.45) is 0 Å². The number of carboxylic acids is 1. The average molecular weight is 276 g/mol. The summed E-state index contributed by atoms with van der Waals surface area (Å²) in [4.78, 5) is 25.7. The Kier molecular flexibility index (Phi) is 3.51. The number of nitrogens with zero attached hydrogens (tertiary/aromatic N) is 2. The van der Waals surface area contributed by atoms with Crippen LogP contribution >= 0.6 is 0 Å². The predicted molar refractivity (Wildman–Crippen MR) is 73.6 cm³/mol. The molecule has 0 bridgehead atoms. The van der Waals surface area contributed by atoms with E-state index in [0.29, 0.717) is 24.7 Å². The first-order valence-corrected chi connectivity index (χ1v) is 7.39. The molecule has 5 nitrogen and oxygen atoms in total. The lowest BCUT2D eigenvalue weighted by molar-refractivity contribution is -0.142. The summed E-state index contributed by atoms with van der Waals surface area (Å²) >= 11 is 0. The van der Waals surface area contributed by atoms with Gasteiger partial charge in [-0.15, -0.1) is 0 Å². The molecule has 0 aromatic carbocycles. The van der Waals surface area contributed by atoms with Gasteiger partial charge in [-0.3, -0.25) is 4.79 Å². The third-order valence-corrected chi connectivity index (χ3v) is 4.24. The second-order valence-electron chi connectivity index (χ2n) is 5.73.